The zero-order valence-electron chi connectivity index (χ0n) is 20.9. The SMILES string of the molecule is O=C(Nc1noc2cc(Br)ccc12)C(Cc1ccccc1)n1cnc(-c2cc(Cl)ccc2-n2cc(Cl)nn2)cc1=O. The van der Waals surface area contributed by atoms with E-state index in [4.69, 9.17) is 27.7 Å². The second kappa shape index (κ2) is 11.3. The molecular formula is C28H18BrCl2N7O3. The van der Waals surface area contributed by atoms with E-state index < -0.39 is 17.5 Å². The standard InChI is InChI=1S/C28H18BrCl2N7O3/c29-17-6-8-19-24(11-17)41-35-27(19)33-28(40)23(10-16-4-2-1-3-5-16)37-15-32-21(13-26(37)39)20-12-18(30)7-9-22(20)38-14-25(31)34-36-38/h1-9,11-15,23H,10H2,(H,33,35,40). The van der Waals surface area contributed by atoms with Crippen molar-refractivity contribution in [3.8, 4) is 16.9 Å². The Balaban J connectivity index is 1.38. The molecule has 1 atom stereocenters. The summed E-state index contributed by atoms with van der Waals surface area (Å²) in [6, 6.07) is 20.2. The molecule has 0 spiro atoms. The average Bonchev–Trinajstić information content (AvgIpc) is 3.58. The number of benzene rings is 3. The van der Waals surface area contributed by atoms with E-state index in [0.717, 1.165) is 10.0 Å². The van der Waals surface area contributed by atoms with Crippen LogP contribution in [0, 0.1) is 0 Å². The van der Waals surface area contributed by atoms with Crippen LogP contribution in [0.5, 0.6) is 0 Å². The molecule has 6 aromatic rings. The molecule has 0 saturated heterocycles. The number of carbonyl (C=O) groups excluding carboxylic acids is 1. The highest BCUT2D eigenvalue weighted by Crippen LogP contribution is 2.29. The third-order valence-electron chi connectivity index (χ3n) is 6.37. The lowest BCUT2D eigenvalue weighted by molar-refractivity contribution is -0.119. The Morgan fingerprint density at radius 2 is 1.88 bits per heavy atom. The van der Waals surface area contributed by atoms with Gasteiger partial charge in [-0.15, -0.1) is 5.10 Å². The number of carbonyl (C=O) groups is 1. The van der Waals surface area contributed by atoms with Crippen molar-refractivity contribution in [3.05, 3.63) is 116 Å². The topological polar surface area (TPSA) is 121 Å². The molecule has 0 fully saturated rings. The van der Waals surface area contributed by atoms with Crippen molar-refractivity contribution in [1.82, 2.24) is 29.7 Å². The molecule has 41 heavy (non-hydrogen) atoms. The second-order valence-electron chi connectivity index (χ2n) is 9.03. The third kappa shape index (κ3) is 5.64. The number of nitrogens with one attached hydrogen (secondary N) is 1. The van der Waals surface area contributed by atoms with Crippen LogP contribution in [0.25, 0.3) is 27.9 Å². The van der Waals surface area contributed by atoms with Crippen LogP contribution in [0.4, 0.5) is 5.82 Å². The molecule has 3 heterocycles. The van der Waals surface area contributed by atoms with E-state index in [0.29, 0.717) is 32.9 Å². The third-order valence-corrected chi connectivity index (χ3v) is 7.27. The maximum Gasteiger partial charge on any atom is 0.254 e. The van der Waals surface area contributed by atoms with Gasteiger partial charge in [0, 0.05) is 27.5 Å². The first-order chi connectivity index (χ1) is 19.9. The van der Waals surface area contributed by atoms with Gasteiger partial charge in [-0.3, -0.25) is 14.2 Å². The van der Waals surface area contributed by atoms with Gasteiger partial charge < -0.3 is 9.84 Å². The van der Waals surface area contributed by atoms with Crippen molar-refractivity contribution in [2.75, 3.05) is 5.32 Å². The number of nitrogens with zero attached hydrogens (tertiary/aromatic N) is 6. The summed E-state index contributed by atoms with van der Waals surface area (Å²) < 4.78 is 8.95. The van der Waals surface area contributed by atoms with Crippen LogP contribution in [0.2, 0.25) is 10.2 Å². The van der Waals surface area contributed by atoms with E-state index in [1.165, 1.54) is 27.8 Å². The molecule has 0 aliphatic rings. The molecule has 1 unspecified atom stereocenters. The first kappa shape index (κ1) is 26.9. The predicted molar refractivity (Wildman–Crippen MR) is 158 cm³/mol. The van der Waals surface area contributed by atoms with Crippen LogP contribution in [0.1, 0.15) is 11.6 Å². The fourth-order valence-corrected chi connectivity index (χ4v) is 5.06. The largest absolute Gasteiger partial charge is 0.354 e. The maximum atomic E-state index is 13.7. The first-order valence-corrected chi connectivity index (χ1v) is 13.8. The van der Waals surface area contributed by atoms with E-state index in [2.05, 4.69) is 41.7 Å². The molecule has 10 nitrogen and oxygen atoms in total. The van der Waals surface area contributed by atoms with Crippen molar-refractivity contribution in [2.24, 2.45) is 0 Å². The van der Waals surface area contributed by atoms with Crippen LogP contribution in [0.3, 0.4) is 0 Å². The Morgan fingerprint density at radius 3 is 2.63 bits per heavy atom. The van der Waals surface area contributed by atoms with Crippen molar-refractivity contribution in [3.63, 3.8) is 0 Å². The molecule has 1 N–H and O–H groups in total. The average molecular weight is 651 g/mol. The highest BCUT2D eigenvalue weighted by Gasteiger charge is 2.25. The number of anilines is 1. The molecule has 6 rings (SSSR count). The molecule has 204 valence electrons. The summed E-state index contributed by atoms with van der Waals surface area (Å²) >= 11 is 15.6. The number of amides is 1. The monoisotopic (exact) mass is 649 g/mol. The lowest BCUT2D eigenvalue weighted by Crippen LogP contribution is -2.34. The molecule has 1 amide bonds. The molecule has 0 saturated carbocycles. The number of rotatable bonds is 7. The Hall–Kier alpha value is -4.32. The van der Waals surface area contributed by atoms with Crippen molar-refractivity contribution < 1.29 is 9.32 Å². The minimum atomic E-state index is -0.943. The van der Waals surface area contributed by atoms with E-state index in [1.54, 1.807) is 30.3 Å². The lowest BCUT2D eigenvalue weighted by atomic mass is 10.0. The Kier molecular flexibility index (Phi) is 7.39. The molecule has 3 aromatic heterocycles. The number of fused-ring (bicyclic) bond motifs is 1. The van der Waals surface area contributed by atoms with Gasteiger partial charge in [-0.05, 0) is 42.0 Å². The summed E-state index contributed by atoms with van der Waals surface area (Å²) in [6.07, 6.45) is 3.11. The normalized spacial score (nSPS) is 12.0. The van der Waals surface area contributed by atoms with E-state index in [9.17, 15) is 9.59 Å². The van der Waals surface area contributed by atoms with Crippen LogP contribution in [-0.4, -0.2) is 35.6 Å². The molecule has 0 radical (unpaired) electrons. The van der Waals surface area contributed by atoms with Crippen LogP contribution in [-0.2, 0) is 11.2 Å². The Labute approximate surface area is 250 Å². The molecule has 0 aliphatic carbocycles. The van der Waals surface area contributed by atoms with Gasteiger partial charge in [0.15, 0.2) is 16.6 Å². The molecular weight excluding hydrogens is 633 g/mol. The second-order valence-corrected chi connectivity index (χ2v) is 10.8. The smallest absolute Gasteiger partial charge is 0.254 e. The highest BCUT2D eigenvalue weighted by atomic mass is 79.9. The quantitative estimate of drug-likeness (QED) is 0.221. The zero-order valence-corrected chi connectivity index (χ0v) is 24.0. The van der Waals surface area contributed by atoms with Gasteiger partial charge in [0.1, 0.15) is 6.04 Å². The fraction of sp³-hybridized carbons (Fsp3) is 0.0714. The minimum absolute atomic E-state index is 0.205. The zero-order chi connectivity index (χ0) is 28.5. The van der Waals surface area contributed by atoms with E-state index >= 15 is 0 Å². The highest BCUT2D eigenvalue weighted by molar-refractivity contribution is 9.10. The summed E-state index contributed by atoms with van der Waals surface area (Å²) in [5, 5.41) is 15.9. The van der Waals surface area contributed by atoms with Gasteiger partial charge in [0.2, 0.25) is 5.91 Å². The maximum absolute atomic E-state index is 13.7. The van der Waals surface area contributed by atoms with Gasteiger partial charge in [-0.2, -0.15) is 0 Å². The predicted octanol–water partition coefficient (Wildman–Crippen LogP) is 6.12. The van der Waals surface area contributed by atoms with E-state index in [-0.39, 0.29) is 17.4 Å². The summed E-state index contributed by atoms with van der Waals surface area (Å²) in [6.45, 7) is 0. The number of hydrogen-bond donors (Lipinski definition) is 1. The van der Waals surface area contributed by atoms with Crippen LogP contribution in [0.15, 0.2) is 99.1 Å². The Bertz CT molecular complexity index is 1960. The first-order valence-electron chi connectivity index (χ1n) is 12.2. The molecule has 0 aliphatic heterocycles. The van der Waals surface area contributed by atoms with Crippen molar-refractivity contribution in [1.29, 1.82) is 0 Å². The van der Waals surface area contributed by atoms with Gasteiger partial charge in [0.05, 0.1) is 29.3 Å². The molecule has 13 heteroatoms. The van der Waals surface area contributed by atoms with Crippen molar-refractivity contribution >= 4 is 61.8 Å². The van der Waals surface area contributed by atoms with Crippen LogP contribution < -0.4 is 10.9 Å². The fourth-order valence-electron chi connectivity index (χ4n) is 4.42. The van der Waals surface area contributed by atoms with Crippen LogP contribution >= 0.6 is 39.1 Å². The van der Waals surface area contributed by atoms with Gasteiger partial charge in [-0.25, -0.2) is 9.67 Å². The summed E-state index contributed by atoms with van der Waals surface area (Å²) in [5.41, 5.74) is 2.36. The number of halogens is 3. The number of aromatic nitrogens is 6. The lowest BCUT2D eigenvalue weighted by Gasteiger charge is -2.19. The Morgan fingerprint density at radius 1 is 1.05 bits per heavy atom. The minimum Gasteiger partial charge on any atom is -0.354 e. The summed E-state index contributed by atoms with van der Waals surface area (Å²) in [4.78, 5) is 31.8. The van der Waals surface area contributed by atoms with Gasteiger partial charge in [-0.1, -0.05) is 79.8 Å². The summed E-state index contributed by atoms with van der Waals surface area (Å²) in [5.74, 6) is -0.201. The van der Waals surface area contributed by atoms with Crippen molar-refractivity contribution in [2.45, 2.75) is 12.5 Å². The number of hydrogen-bond acceptors (Lipinski definition) is 7. The molecule has 3 aromatic carbocycles. The van der Waals surface area contributed by atoms with Gasteiger partial charge in [0.25, 0.3) is 5.56 Å². The van der Waals surface area contributed by atoms with E-state index in [1.807, 2.05) is 36.4 Å². The molecule has 0 bridgehead atoms. The summed E-state index contributed by atoms with van der Waals surface area (Å²) in [7, 11) is 0. The van der Waals surface area contributed by atoms with Gasteiger partial charge >= 0.3 is 0 Å².